The van der Waals surface area contributed by atoms with Gasteiger partial charge in [0, 0.05) is 30.9 Å². The molecule has 1 aliphatic rings. The minimum Gasteiger partial charge on any atom is -0.399 e. The third-order valence-electron chi connectivity index (χ3n) is 3.29. The SMILES string of the molecule is Nc1cccc(C(=O)N2CCC(CO)CC2)c1. The molecule has 0 saturated carbocycles. The lowest BCUT2D eigenvalue weighted by Gasteiger charge is -2.31. The quantitative estimate of drug-likeness (QED) is 0.753. The fourth-order valence-electron chi connectivity index (χ4n) is 2.17. The van der Waals surface area contributed by atoms with Crippen molar-refractivity contribution in [3.63, 3.8) is 0 Å². The second kappa shape index (κ2) is 5.19. The Morgan fingerprint density at radius 2 is 2.12 bits per heavy atom. The van der Waals surface area contributed by atoms with Crippen molar-refractivity contribution in [2.45, 2.75) is 12.8 Å². The van der Waals surface area contributed by atoms with Crippen LogP contribution < -0.4 is 5.73 Å². The zero-order chi connectivity index (χ0) is 12.3. The van der Waals surface area contributed by atoms with Crippen molar-refractivity contribution in [2.75, 3.05) is 25.4 Å². The van der Waals surface area contributed by atoms with Gasteiger partial charge in [-0.15, -0.1) is 0 Å². The molecule has 1 aromatic rings. The third kappa shape index (κ3) is 2.77. The number of likely N-dealkylation sites (tertiary alicyclic amines) is 1. The number of hydrogen-bond acceptors (Lipinski definition) is 3. The number of anilines is 1. The van der Waals surface area contributed by atoms with Crippen LogP contribution in [0.4, 0.5) is 5.69 Å². The van der Waals surface area contributed by atoms with Crippen molar-refractivity contribution in [1.82, 2.24) is 4.90 Å². The lowest BCUT2D eigenvalue weighted by molar-refractivity contribution is 0.0651. The molecule has 4 heteroatoms. The summed E-state index contributed by atoms with van der Waals surface area (Å²) in [6.45, 7) is 1.66. The third-order valence-corrected chi connectivity index (χ3v) is 3.29. The highest BCUT2D eigenvalue weighted by atomic mass is 16.3. The first-order valence-electron chi connectivity index (χ1n) is 5.96. The number of nitrogen functional groups attached to an aromatic ring is 1. The smallest absolute Gasteiger partial charge is 0.253 e. The molecule has 0 spiro atoms. The molecule has 0 aliphatic carbocycles. The van der Waals surface area contributed by atoms with E-state index in [1.807, 2.05) is 4.90 Å². The van der Waals surface area contributed by atoms with Crippen LogP contribution in [-0.4, -0.2) is 35.6 Å². The van der Waals surface area contributed by atoms with Crippen molar-refractivity contribution in [3.05, 3.63) is 29.8 Å². The number of aliphatic hydroxyl groups is 1. The molecule has 1 heterocycles. The average Bonchev–Trinajstić information content (AvgIpc) is 2.38. The maximum absolute atomic E-state index is 12.2. The summed E-state index contributed by atoms with van der Waals surface area (Å²) in [5, 5.41) is 9.05. The number of hydrogen-bond donors (Lipinski definition) is 2. The first-order valence-corrected chi connectivity index (χ1v) is 5.96. The summed E-state index contributed by atoms with van der Waals surface area (Å²) in [6, 6.07) is 7.06. The number of nitrogens with two attached hydrogens (primary N) is 1. The van der Waals surface area contributed by atoms with Crippen LogP contribution in [0.25, 0.3) is 0 Å². The molecule has 3 N–H and O–H groups in total. The fourth-order valence-corrected chi connectivity index (χ4v) is 2.17. The maximum atomic E-state index is 12.2. The number of benzene rings is 1. The molecule has 1 aromatic carbocycles. The Bertz CT molecular complexity index is 398. The fraction of sp³-hybridized carbons (Fsp3) is 0.462. The second-order valence-electron chi connectivity index (χ2n) is 4.54. The van der Waals surface area contributed by atoms with Gasteiger partial charge in [0.05, 0.1) is 0 Å². The number of carbonyl (C=O) groups is 1. The van der Waals surface area contributed by atoms with Crippen LogP contribution in [0.2, 0.25) is 0 Å². The normalized spacial score (nSPS) is 17.1. The van der Waals surface area contributed by atoms with Gasteiger partial charge in [0.15, 0.2) is 0 Å². The van der Waals surface area contributed by atoms with Crippen LogP contribution in [0.3, 0.4) is 0 Å². The van der Waals surface area contributed by atoms with Crippen molar-refractivity contribution >= 4 is 11.6 Å². The van der Waals surface area contributed by atoms with Gasteiger partial charge in [0.25, 0.3) is 5.91 Å². The molecular formula is C13H18N2O2. The Hall–Kier alpha value is -1.55. The van der Waals surface area contributed by atoms with E-state index in [1.165, 1.54) is 0 Å². The molecule has 2 rings (SSSR count). The first kappa shape index (κ1) is 11.9. The summed E-state index contributed by atoms with van der Waals surface area (Å²) in [5.41, 5.74) is 6.92. The van der Waals surface area contributed by atoms with Crippen molar-refractivity contribution in [3.8, 4) is 0 Å². The molecule has 0 radical (unpaired) electrons. The molecule has 92 valence electrons. The van der Waals surface area contributed by atoms with Crippen LogP contribution in [0, 0.1) is 5.92 Å². The molecule has 1 amide bonds. The summed E-state index contributed by atoms with van der Waals surface area (Å²) in [5.74, 6) is 0.383. The zero-order valence-electron chi connectivity index (χ0n) is 9.80. The van der Waals surface area contributed by atoms with Gasteiger partial charge < -0.3 is 15.7 Å². The van der Waals surface area contributed by atoms with Gasteiger partial charge in [-0.05, 0) is 37.0 Å². The molecule has 0 aromatic heterocycles. The molecular weight excluding hydrogens is 216 g/mol. The summed E-state index contributed by atoms with van der Waals surface area (Å²) < 4.78 is 0. The number of nitrogens with zero attached hydrogens (tertiary/aromatic N) is 1. The van der Waals surface area contributed by atoms with Gasteiger partial charge in [-0.25, -0.2) is 0 Å². The maximum Gasteiger partial charge on any atom is 0.253 e. The molecule has 4 nitrogen and oxygen atoms in total. The summed E-state index contributed by atoms with van der Waals surface area (Å²) in [7, 11) is 0. The monoisotopic (exact) mass is 234 g/mol. The predicted molar refractivity (Wildman–Crippen MR) is 66.6 cm³/mol. The number of rotatable bonds is 2. The topological polar surface area (TPSA) is 66.6 Å². The largest absolute Gasteiger partial charge is 0.399 e. The Kier molecular flexibility index (Phi) is 3.64. The Morgan fingerprint density at radius 3 is 2.71 bits per heavy atom. The van der Waals surface area contributed by atoms with E-state index in [0.29, 0.717) is 17.2 Å². The van der Waals surface area contributed by atoms with Crippen molar-refractivity contribution in [1.29, 1.82) is 0 Å². The van der Waals surface area contributed by atoms with E-state index in [1.54, 1.807) is 24.3 Å². The average molecular weight is 234 g/mol. The lowest BCUT2D eigenvalue weighted by Crippen LogP contribution is -2.39. The van der Waals surface area contributed by atoms with E-state index in [9.17, 15) is 4.79 Å². The second-order valence-corrected chi connectivity index (χ2v) is 4.54. The molecule has 0 atom stereocenters. The Balaban J connectivity index is 2.02. The van der Waals surface area contributed by atoms with Gasteiger partial charge in [-0.1, -0.05) is 6.07 Å². The van der Waals surface area contributed by atoms with Gasteiger partial charge in [-0.2, -0.15) is 0 Å². The standard InChI is InChI=1S/C13H18N2O2/c14-12-3-1-2-11(8-12)13(17)15-6-4-10(9-16)5-7-15/h1-3,8,10,16H,4-7,9,14H2. The van der Waals surface area contributed by atoms with E-state index < -0.39 is 0 Å². The van der Waals surface area contributed by atoms with E-state index in [4.69, 9.17) is 10.8 Å². The summed E-state index contributed by atoms with van der Waals surface area (Å²) >= 11 is 0. The number of carbonyl (C=O) groups excluding carboxylic acids is 1. The Morgan fingerprint density at radius 1 is 1.41 bits per heavy atom. The summed E-state index contributed by atoms with van der Waals surface area (Å²) in [4.78, 5) is 14.0. The van der Waals surface area contributed by atoms with Gasteiger partial charge in [-0.3, -0.25) is 4.79 Å². The molecule has 0 bridgehead atoms. The van der Waals surface area contributed by atoms with E-state index in [0.717, 1.165) is 25.9 Å². The highest BCUT2D eigenvalue weighted by Gasteiger charge is 2.22. The van der Waals surface area contributed by atoms with Gasteiger partial charge in [0.2, 0.25) is 0 Å². The van der Waals surface area contributed by atoms with Crippen molar-refractivity contribution in [2.24, 2.45) is 5.92 Å². The zero-order valence-corrected chi connectivity index (χ0v) is 9.80. The lowest BCUT2D eigenvalue weighted by atomic mass is 9.97. The van der Waals surface area contributed by atoms with E-state index in [-0.39, 0.29) is 12.5 Å². The molecule has 1 saturated heterocycles. The number of piperidine rings is 1. The van der Waals surface area contributed by atoms with Gasteiger partial charge in [0.1, 0.15) is 0 Å². The van der Waals surface area contributed by atoms with Crippen molar-refractivity contribution < 1.29 is 9.90 Å². The highest BCUT2D eigenvalue weighted by molar-refractivity contribution is 5.95. The minimum absolute atomic E-state index is 0.0358. The van der Waals surface area contributed by atoms with E-state index in [2.05, 4.69) is 0 Å². The minimum atomic E-state index is 0.0358. The van der Waals surface area contributed by atoms with Crippen LogP contribution in [0.5, 0.6) is 0 Å². The molecule has 0 unspecified atom stereocenters. The van der Waals surface area contributed by atoms with Crippen LogP contribution in [0.15, 0.2) is 24.3 Å². The van der Waals surface area contributed by atoms with Crippen LogP contribution in [-0.2, 0) is 0 Å². The summed E-state index contributed by atoms with van der Waals surface area (Å²) in [6.07, 6.45) is 1.76. The molecule has 17 heavy (non-hydrogen) atoms. The first-order chi connectivity index (χ1) is 8.20. The number of aliphatic hydroxyl groups excluding tert-OH is 1. The Labute approximate surface area is 101 Å². The molecule has 1 fully saturated rings. The highest BCUT2D eigenvalue weighted by Crippen LogP contribution is 2.19. The number of amides is 1. The molecule has 1 aliphatic heterocycles. The van der Waals surface area contributed by atoms with Crippen LogP contribution in [0.1, 0.15) is 23.2 Å². The van der Waals surface area contributed by atoms with Gasteiger partial charge >= 0.3 is 0 Å². The predicted octanol–water partition coefficient (Wildman–Crippen LogP) is 1.11. The van der Waals surface area contributed by atoms with E-state index >= 15 is 0 Å². The van der Waals surface area contributed by atoms with Crippen LogP contribution >= 0.6 is 0 Å².